The van der Waals surface area contributed by atoms with E-state index in [4.69, 9.17) is 0 Å². The molecule has 0 fully saturated rings. The van der Waals surface area contributed by atoms with E-state index < -0.39 is 0 Å². The van der Waals surface area contributed by atoms with Crippen LogP contribution >= 0.6 is 34.4 Å². The van der Waals surface area contributed by atoms with Crippen molar-refractivity contribution >= 4 is 51.4 Å². The molecule has 0 saturated carbocycles. The Morgan fingerprint density at radius 3 is 2.71 bits per heavy atom. The molecule has 0 atom stereocenters. The molecule has 0 saturated heterocycles. The van der Waals surface area contributed by atoms with Gasteiger partial charge in [-0.05, 0) is 36.4 Å². The normalized spacial score (nSPS) is 10.6. The Hall–Kier alpha value is -3.01. The topological polar surface area (TPSA) is 84.0 Å². The monoisotopic (exact) mass is 466 g/mol. The highest BCUT2D eigenvalue weighted by Gasteiger charge is 2.16. The van der Waals surface area contributed by atoms with Crippen LogP contribution in [0.4, 0.5) is 5.13 Å². The number of aromatic nitrogens is 2. The van der Waals surface area contributed by atoms with Gasteiger partial charge in [-0.3, -0.25) is 14.9 Å². The van der Waals surface area contributed by atoms with E-state index in [1.165, 1.54) is 30.0 Å². The number of hydrogen-bond acceptors (Lipinski definition) is 7. The summed E-state index contributed by atoms with van der Waals surface area (Å²) in [5, 5.41) is 8.75. The molecule has 4 rings (SSSR count). The first kappa shape index (κ1) is 21.2. The van der Waals surface area contributed by atoms with Crippen molar-refractivity contribution in [1.29, 1.82) is 0 Å². The number of thiazole rings is 1. The number of amides is 2. The molecule has 0 radical (unpaired) electrons. The lowest BCUT2D eigenvalue weighted by atomic mass is 10.3. The van der Waals surface area contributed by atoms with Gasteiger partial charge in [0.15, 0.2) is 5.13 Å². The van der Waals surface area contributed by atoms with Crippen LogP contribution in [0.5, 0.6) is 0 Å². The predicted octanol–water partition coefficient (Wildman–Crippen LogP) is 5.31. The summed E-state index contributed by atoms with van der Waals surface area (Å²) in [7, 11) is 0. The van der Waals surface area contributed by atoms with Gasteiger partial charge in [0.2, 0.25) is 5.91 Å². The van der Waals surface area contributed by atoms with Gasteiger partial charge in [-0.25, -0.2) is 9.97 Å². The van der Waals surface area contributed by atoms with E-state index in [1.807, 2.05) is 47.8 Å². The fourth-order valence-corrected chi connectivity index (χ4v) is 5.27. The first-order chi connectivity index (χ1) is 15.1. The maximum atomic E-state index is 12.9. The van der Waals surface area contributed by atoms with Gasteiger partial charge in [0.1, 0.15) is 5.03 Å². The Kier molecular flexibility index (Phi) is 6.76. The molecule has 1 aromatic carbocycles. The number of hydrogen-bond donors (Lipinski definition) is 2. The molecule has 3 aromatic heterocycles. The lowest BCUT2D eigenvalue weighted by Crippen LogP contribution is -2.17. The summed E-state index contributed by atoms with van der Waals surface area (Å²) in [6.07, 6.45) is 1.68. The molecule has 6 nitrogen and oxygen atoms in total. The Morgan fingerprint density at radius 1 is 1.06 bits per heavy atom. The zero-order valence-corrected chi connectivity index (χ0v) is 18.9. The molecule has 0 aliphatic carbocycles. The average Bonchev–Trinajstić information content (AvgIpc) is 3.43. The average molecular weight is 467 g/mol. The third kappa shape index (κ3) is 5.57. The summed E-state index contributed by atoms with van der Waals surface area (Å²) in [6.45, 7) is 1.99. The molecule has 156 valence electrons. The zero-order valence-electron chi connectivity index (χ0n) is 16.5. The van der Waals surface area contributed by atoms with E-state index in [0.717, 1.165) is 20.3 Å². The molecule has 0 spiro atoms. The van der Waals surface area contributed by atoms with Crippen LogP contribution in [0.25, 0.3) is 10.6 Å². The van der Waals surface area contributed by atoms with Crippen LogP contribution in [0.2, 0.25) is 0 Å². The quantitative estimate of drug-likeness (QED) is 0.386. The molecule has 2 N–H and O–H groups in total. The van der Waals surface area contributed by atoms with Crippen LogP contribution < -0.4 is 10.6 Å². The van der Waals surface area contributed by atoms with Crippen LogP contribution in [0.15, 0.2) is 76.1 Å². The number of nitrogens with zero attached hydrogens (tertiary/aromatic N) is 2. The highest BCUT2D eigenvalue weighted by atomic mass is 32.2. The van der Waals surface area contributed by atoms with Crippen LogP contribution in [0, 0.1) is 0 Å². The first-order valence-corrected chi connectivity index (χ1v) is 11.9. The molecular weight excluding hydrogens is 448 g/mol. The zero-order chi connectivity index (χ0) is 21.6. The number of carbonyl (C=O) groups excluding carboxylic acids is 2. The smallest absolute Gasteiger partial charge is 0.260 e. The maximum Gasteiger partial charge on any atom is 0.260 e. The lowest BCUT2D eigenvalue weighted by molar-refractivity contribution is -0.119. The van der Waals surface area contributed by atoms with Crippen molar-refractivity contribution in [2.45, 2.75) is 23.4 Å². The fraction of sp³-hybridized carbons (Fsp3) is 0.0909. The minimum atomic E-state index is -0.245. The van der Waals surface area contributed by atoms with Gasteiger partial charge in [-0.15, -0.1) is 22.7 Å². The molecule has 2 amide bonds. The maximum absolute atomic E-state index is 12.9. The summed E-state index contributed by atoms with van der Waals surface area (Å²) < 4.78 is 0. The Bertz CT molecular complexity index is 1200. The molecular formula is C22H18N4O2S3. The minimum absolute atomic E-state index is 0.0613. The standard InChI is InChI=1S/C22H18N4O2S3/c1-14(27)24-12-16-9-10-19(30-16)18-13-29-22(25-18)26-20(28)17-8-5-11-23-21(17)31-15-6-3-2-4-7-15/h2-11,13H,12H2,1H3,(H,24,27)(H,25,26,28). The molecule has 0 aliphatic rings. The van der Waals surface area contributed by atoms with Crippen molar-refractivity contribution in [3.63, 3.8) is 0 Å². The second-order valence-corrected chi connectivity index (χ2v) is 9.53. The lowest BCUT2D eigenvalue weighted by Gasteiger charge is -2.07. The number of anilines is 1. The summed E-state index contributed by atoms with van der Waals surface area (Å²) in [6, 6.07) is 17.3. The van der Waals surface area contributed by atoms with Crippen LogP contribution in [-0.2, 0) is 11.3 Å². The minimum Gasteiger partial charge on any atom is -0.351 e. The van der Waals surface area contributed by atoms with Crippen LogP contribution in [-0.4, -0.2) is 21.8 Å². The number of rotatable bonds is 7. The Morgan fingerprint density at radius 2 is 1.90 bits per heavy atom. The van der Waals surface area contributed by atoms with Crippen molar-refractivity contribution in [3.8, 4) is 10.6 Å². The van der Waals surface area contributed by atoms with Crippen LogP contribution in [0.1, 0.15) is 22.2 Å². The summed E-state index contributed by atoms with van der Waals surface area (Å²) >= 11 is 4.38. The molecule has 31 heavy (non-hydrogen) atoms. The number of nitrogens with one attached hydrogen (secondary N) is 2. The number of benzene rings is 1. The van der Waals surface area contributed by atoms with Gasteiger partial charge >= 0.3 is 0 Å². The summed E-state index contributed by atoms with van der Waals surface area (Å²) in [4.78, 5) is 35.9. The Labute approximate surface area is 191 Å². The van der Waals surface area contributed by atoms with E-state index >= 15 is 0 Å². The summed E-state index contributed by atoms with van der Waals surface area (Å²) in [5.74, 6) is -0.307. The van der Waals surface area contributed by atoms with Gasteiger partial charge in [0, 0.05) is 28.3 Å². The van der Waals surface area contributed by atoms with Gasteiger partial charge < -0.3 is 5.32 Å². The van der Waals surface area contributed by atoms with E-state index in [9.17, 15) is 9.59 Å². The van der Waals surface area contributed by atoms with Crippen molar-refractivity contribution in [3.05, 3.63) is 76.6 Å². The van der Waals surface area contributed by atoms with Gasteiger partial charge in [-0.1, -0.05) is 30.0 Å². The molecule has 4 aromatic rings. The van der Waals surface area contributed by atoms with Crippen molar-refractivity contribution in [2.24, 2.45) is 0 Å². The third-order valence-electron chi connectivity index (χ3n) is 4.12. The highest BCUT2D eigenvalue weighted by molar-refractivity contribution is 7.99. The second-order valence-electron chi connectivity index (χ2n) is 6.44. The van der Waals surface area contributed by atoms with E-state index in [-0.39, 0.29) is 11.8 Å². The highest BCUT2D eigenvalue weighted by Crippen LogP contribution is 2.32. The molecule has 0 bridgehead atoms. The largest absolute Gasteiger partial charge is 0.351 e. The second kappa shape index (κ2) is 9.86. The van der Waals surface area contributed by atoms with Crippen molar-refractivity contribution in [1.82, 2.24) is 15.3 Å². The van der Waals surface area contributed by atoms with E-state index in [0.29, 0.717) is 22.3 Å². The number of carbonyl (C=O) groups is 2. The molecule has 9 heteroatoms. The summed E-state index contributed by atoms with van der Waals surface area (Å²) in [5.41, 5.74) is 1.30. The van der Waals surface area contributed by atoms with Gasteiger partial charge in [-0.2, -0.15) is 0 Å². The van der Waals surface area contributed by atoms with E-state index in [1.54, 1.807) is 29.7 Å². The molecule has 3 heterocycles. The first-order valence-electron chi connectivity index (χ1n) is 9.37. The van der Waals surface area contributed by atoms with Crippen LogP contribution in [0.3, 0.4) is 0 Å². The number of pyridine rings is 1. The Balaban J connectivity index is 1.46. The fourth-order valence-electron chi connectivity index (χ4n) is 2.68. The van der Waals surface area contributed by atoms with Crippen molar-refractivity contribution < 1.29 is 9.59 Å². The van der Waals surface area contributed by atoms with Crippen molar-refractivity contribution in [2.75, 3.05) is 5.32 Å². The SMILES string of the molecule is CC(=O)NCc1ccc(-c2csc(NC(=O)c3cccnc3Sc3ccccc3)n2)s1. The van der Waals surface area contributed by atoms with E-state index in [2.05, 4.69) is 20.6 Å². The predicted molar refractivity (Wildman–Crippen MR) is 126 cm³/mol. The molecule has 0 aliphatic heterocycles. The molecule has 0 unspecified atom stereocenters. The van der Waals surface area contributed by atoms with Gasteiger partial charge in [0.05, 0.1) is 22.7 Å². The van der Waals surface area contributed by atoms with Gasteiger partial charge in [0.25, 0.3) is 5.91 Å². The third-order valence-corrected chi connectivity index (χ3v) is 7.02. The number of thiophene rings is 1.